The van der Waals surface area contributed by atoms with Gasteiger partial charge in [-0.3, -0.25) is 9.78 Å². The van der Waals surface area contributed by atoms with Gasteiger partial charge in [0.15, 0.2) is 0 Å². The molecule has 23 heavy (non-hydrogen) atoms. The van der Waals surface area contributed by atoms with Crippen molar-refractivity contribution >= 4 is 5.91 Å². The summed E-state index contributed by atoms with van der Waals surface area (Å²) in [7, 11) is 1.67. The predicted molar refractivity (Wildman–Crippen MR) is 83.4 cm³/mol. The van der Waals surface area contributed by atoms with Crippen LogP contribution in [0.3, 0.4) is 0 Å². The van der Waals surface area contributed by atoms with Crippen molar-refractivity contribution in [1.82, 2.24) is 9.88 Å². The maximum Gasteiger partial charge on any atom is 0.257 e. The maximum absolute atomic E-state index is 12.7. The molecule has 2 aromatic heterocycles. The number of likely N-dealkylation sites (tertiary alicyclic amines) is 1. The molecule has 1 aliphatic heterocycles. The molecule has 0 aliphatic carbocycles. The molecule has 2 atom stereocenters. The largest absolute Gasteiger partial charge is 0.490 e. The molecular weight excluding hydrogens is 296 g/mol. The van der Waals surface area contributed by atoms with E-state index in [2.05, 4.69) is 4.98 Å². The number of aryl methyl sites for hydroxylation is 1. The van der Waals surface area contributed by atoms with Crippen LogP contribution in [0.5, 0.6) is 5.75 Å². The Labute approximate surface area is 135 Å². The smallest absolute Gasteiger partial charge is 0.257 e. The van der Waals surface area contributed by atoms with Gasteiger partial charge >= 0.3 is 0 Å². The summed E-state index contributed by atoms with van der Waals surface area (Å²) in [4.78, 5) is 18.5. The second-order valence-electron chi connectivity index (χ2n) is 5.65. The topological polar surface area (TPSA) is 64.8 Å². The van der Waals surface area contributed by atoms with Crippen molar-refractivity contribution < 1.29 is 18.7 Å². The molecule has 0 saturated carbocycles. The van der Waals surface area contributed by atoms with E-state index in [9.17, 15) is 4.79 Å². The van der Waals surface area contributed by atoms with Crippen LogP contribution in [0, 0.1) is 6.92 Å². The first kappa shape index (κ1) is 15.6. The summed E-state index contributed by atoms with van der Waals surface area (Å²) >= 11 is 0. The first-order valence-electron chi connectivity index (χ1n) is 7.59. The molecule has 6 heteroatoms. The highest BCUT2D eigenvalue weighted by molar-refractivity contribution is 5.94. The van der Waals surface area contributed by atoms with Crippen molar-refractivity contribution in [2.45, 2.75) is 25.5 Å². The summed E-state index contributed by atoms with van der Waals surface area (Å²) < 4.78 is 16.4. The third kappa shape index (κ3) is 3.53. The van der Waals surface area contributed by atoms with Crippen LogP contribution in [0.15, 0.2) is 41.3 Å². The lowest BCUT2D eigenvalue weighted by Crippen LogP contribution is -2.39. The minimum absolute atomic E-state index is 0.0226. The van der Waals surface area contributed by atoms with E-state index in [0.29, 0.717) is 24.5 Å². The van der Waals surface area contributed by atoms with Crippen LogP contribution in [0.4, 0.5) is 0 Å². The molecule has 1 amide bonds. The summed E-state index contributed by atoms with van der Waals surface area (Å²) in [5, 5.41) is 0. The van der Waals surface area contributed by atoms with Gasteiger partial charge in [-0.15, -0.1) is 0 Å². The van der Waals surface area contributed by atoms with Crippen molar-refractivity contribution in [3.05, 3.63) is 48.2 Å². The van der Waals surface area contributed by atoms with E-state index in [1.54, 1.807) is 30.5 Å². The van der Waals surface area contributed by atoms with Gasteiger partial charge in [-0.1, -0.05) is 0 Å². The van der Waals surface area contributed by atoms with E-state index in [1.807, 2.05) is 19.1 Å². The molecule has 3 rings (SSSR count). The van der Waals surface area contributed by atoms with E-state index in [1.165, 1.54) is 6.26 Å². The highest BCUT2D eigenvalue weighted by atomic mass is 16.5. The number of hydrogen-bond donors (Lipinski definition) is 0. The molecule has 1 saturated heterocycles. The summed E-state index contributed by atoms with van der Waals surface area (Å²) in [5.74, 6) is 1.36. The minimum atomic E-state index is -0.0545. The number of hydrogen-bond acceptors (Lipinski definition) is 5. The third-order valence-electron chi connectivity index (χ3n) is 4.02. The molecule has 0 spiro atoms. The zero-order valence-electron chi connectivity index (χ0n) is 13.3. The molecular formula is C17H20N2O4. The second kappa shape index (κ2) is 6.83. The molecule has 1 aliphatic rings. The fourth-order valence-corrected chi connectivity index (χ4v) is 2.80. The van der Waals surface area contributed by atoms with Crippen LogP contribution in [0.1, 0.15) is 22.5 Å². The zero-order valence-corrected chi connectivity index (χ0v) is 13.3. The van der Waals surface area contributed by atoms with Crippen LogP contribution < -0.4 is 4.74 Å². The number of amides is 1. The molecule has 0 radical (unpaired) electrons. The van der Waals surface area contributed by atoms with Crippen molar-refractivity contribution in [1.29, 1.82) is 0 Å². The van der Waals surface area contributed by atoms with Gasteiger partial charge in [0, 0.05) is 19.9 Å². The zero-order chi connectivity index (χ0) is 16.2. The monoisotopic (exact) mass is 316 g/mol. The fraction of sp³-hybridized carbons (Fsp3) is 0.412. The first-order valence-corrected chi connectivity index (χ1v) is 7.59. The molecule has 2 aromatic rings. The van der Waals surface area contributed by atoms with Crippen molar-refractivity contribution in [2.75, 3.05) is 20.3 Å². The summed E-state index contributed by atoms with van der Waals surface area (Å²) in [5.41, 5.74) is 0.561. The molecule has 122 valence electrons. The van der Waals surface area contributed by atoms with Gasteiger partial charge in [-0.25, -0.2) is 0 Å². The third-order valence-corrected chi connectivity index (χ3v) is 4.02. The highest BCUT2D eigenvalue weighted by Gasteiger charge is 2.36. The average Bonchev–Trinajstić information content (AvgIpc) is 3.19. The standard InChI is InChI=1S/C17H20N2O4/c1-12-6-13(10-22-12)17(20)19-9-16(21-2)7-14(19)11-23-15-4-3-5-18-8-15/h3-6,8,10,14,16H,7,9,11H2,1-2H3/t14-,16+/m0/s1. The van der Waals surface area contributed by atoms with Crippen molar-refractivity contribution in [2.24, 2.45) is 0 Å². The summed E-state index contributed by atoms with van der Waals surface area (Å²) in [6.45, 7) is 2.79. The number of aromatic nitrogens is 1. The number of methoxy groups -OCH3 is 1. The molecule has 0 aromatic carbocycles. The molecule has 0 unspecified atom stereocenters. The SMILES string of the molecule is CO[C@@H]1C[C@@H](COc2cccnc2)N(C(=O)c2coc(C)c2)C1. The lowest BCUT2D eigenvalue weighted by atomic mass is 10.2. The number of carbonyl (C=O) groups is 1. The summed E-state index contributed by atoms with van der Waals surface area (Å²) in [6.07, 6.45) is 5.62. The normalized spacial score (nSPS) is 20.7. The summed E-state index contributed by atoms with van der Waals surface area (Å²) in [6, 6.07) is 5.38. The van der Waals surface area contributed by atoms with Crippen molar-refractivity contribution in [3.63, 3.8) is 0 Å². The molecule has 0 N–H and O–H groups in total. The average molecular weight is 316 g/mol. The van der Waals surface area contributed by atoms with Gasteiger partial charge in [0.05, 0.1) is 23.9 Å². The Bertz CT molecular complexity index is 656. The van der Waals surface area contributed by atoms with Crippen LogP contribution in [-0.4, -0.2) is 48.2 Å². The van der Waals surface area contributed by atoms with Gasteiger partial charge in [0.25, 0.3) is 5.91 Å². The van der Waals surface area contributed by atoms with Gasteiger partial charge in [0.1, 0.15) is 24.4 Å². The molecule has 1 fully saturated rings. The van der Waals surface area contributed by atoms with Crippen LogP contribution in [0.25, 0.3) is 0 Å². The minimum Gasteiger partial charge on any atom is -0.490 e. The van der Waals surface area contributed by atoms with E-state index >= 15 is 0 Å². The van der Waals surface area contributed by atoms with Crippen LogP contribution in [0.2, 0.25) is 0 Å². The lowest BCUT2D eigenvalue weighted by molar-refractivity contribution is 0.0657. The number of ether oxygens (including phenoxy) is 2. The molecule has 3 heterocycles. The van der Waals surface area contributed by atoms with Gasteiger partial charge in [-0.2, -0.15) is 0 Å². The Morgan fingerprint density at radius 3 is 3.04 bits per heavy atom. The Kier molecular flexibility index (Phi) is 4.62. The molecule has 0 bridgehead atoms. The number of nitrogens with zero attached hydrogens (tertiary/aromatic N) is 2. The number of rotatable bonds is 5. The number of carbonyl (C=O) groups excluding carboxylic acids is 1. The Morgan fingerprint density at radius 1 is 1.52 bits per heavy atom. The van der Waals surface area contributed by atoms with Gasteiger partial charge < -0.3 is 18.8 Å². The fourth-order valence-electron chi connectivity index (χ4n) is 2.80. The Morgan fingerprint density at radius 2 is 2.39 bits per heavy atom. The predicted octanol–water partition coefficient (Wildman–Crippen LogP) is 2.29. The second-order valence-corrected chi connectivity index (χ2v) is 5.65. The van der Waals surface area contributed by atoms with Gasteiger partial charge in [-0.05, 0) is 31.5 Å². The first-order chi connectivity index (χ1) is 11.2. The molecule has 6 nitrogen and oxygen atoms in total. The number of pyridine rings is 1. The number of furan rings is 1. The lowest BCUT2D eigenvalue weighted by Gasteiger charge is -2.23. The van der Waals surface area contributed by atoms with E-state index in [-0.39, 0.29) is 18.1 Å². The highest BCUT2D eigenvalue weighted by Crippen LogP contribution is 2.24. The van der Waals surface area contributed by atoms with Crippen LogP contribution >= 0.6 is 0 Å². The Balaban J connectivity index is 1.70. The van der Waals surface area contributed by atoms with Crippen LogP contribution in [-0.2, 0) is 4.74 Å². The van der Waals surface area contributed by atoms with Gasteiger partial charge in [0.2, 0.25) is 0 Å². The maximum atomic E-state index is 12.7. The van der Waals surface area contributed by atoms with E-state index in [4.69, 9.17) is 13.9 Å². The quantitative estimate of drug-likeness (QED) is 0.847. The van der Waals surface area contributed by atoms with E-state index in [0.717, 1.165) is 12.2 Å². The van der Waals surface area contributed by atoms with E-state index < -0.39 is 0 Å². The van der Waals surface area contributed by atoms with Crippen molar-refractivity contribution in [3.8, 4) is 5.75 Å². The Hall–Kier alpha value is -2.34.